The maximum atomic E-state index is 6.59. The van der Waals surface area contributed by atoms with Crippen molar-refractivity contribution < 1.29 is 8.83 Å². The highest BCUT2D eigenvalue weighted by Crippen LogP contribution is 2.44. The van der Waals surface area contributed by atoms with Gasteiger partial charge in [0.2, 0.25) is 0 Å². The van der Waals surface area contributed by atoms with E-state index < -0.39 is 0 Å². The quantitative estimate of drug-likeness (QED) is 0.112. The monoisotopic (exact) mass is 1430 g/mol. The summed E-state index contributed by atoms with van der Waals surface area (Å²) in [5, 5.41) is 6.18. The molecule has 0 unspecified atom stereocenters. The minimum atomic E-state index is 0.681. The Balaban J connectivity index is 0.000000147. The molecule has 0 saturated heterocycles. The van der Waals surface area contributed by atoms with Crippen LogP contribution in [0.15, 0.2) is 409 Å². The van der Waals surface area contributed by atoms with E-state index in [0.29, 0.717) is 11.6 Å². The summed E-state index contributed by atoms with van der Waals surface area (Å²) < 4.78 is 13.2. The van der Waals surface area contributed by atoms with Crippen LogP contribution in [0.2, 0.25) is 0 Å². The summed E-state index contributed by atoms with van der Waals surface area (Å²) in [6, 6.07) is 139. The molecule has 0 radical (unpaired) electrons. The van der Waals surface area contributed by atoms with Gasteiger partial charge in [0.15, 0.2) is 11.6 Å². The summed E-state index contributed by atoms with van der Waals surface area (Å²) in [6.45, 7) is 0. The summed E-state index contributed by atoms with van der Waals surface area (Å²) in [5.74, 6) is 1.38. The van der Waals surface area contributed by atoms with Gasteiger partial charge >= 0.3 is 0 Å². The lowest BCUT2D eigenvalue weighted by Gasteiger charge is -2.12. The van der Waals surface area contributed by atoms with Gasteiger partial charge in [0, 0.05) is 66.1 Å². The third-order valence-electron chi connectivity index (χ3n) is 21.0. The SMILES string of the molecule is c1ccc(-c2ccc(-c3cc(-c4ccc(-c5ccc6nc(-c7ccccc7)c7c8ccccc8oc7c6c5)cc4)nc(-c4ccc(-c5ccccc5)cc4)n3)cc2)cc1.c1ccc(-c2ccc(-c3cc(-c4ccc(-c5ccc6nc(-c7ccccc7)c7c8ccccc8oc7c6c5)cc4)nc(-c4ccccc4)n3)cc2)cc1. The summed E-state index contributed by atoms with van der Waals surface area (Å²) >= 11 is 0. The summed E-state index contributed by atoms with van der Waals surface area (Å²) in [7, 11) is 0. The van der Waals surface area contributed by atoms with Gasteiger partial charge in [0.1, 0.15) is 22.3 Å². The smallest absolute Gasteiger partial charge is 0.160 e. The van der Waals surface area contributed by atoms with Gasteiger partial charge in [-0.1, -0.05) is 352 Å². The Hall–Kier alpha value is -15.1. The van der Waals surface area contributed by atoms with Crippen molar-refractivity contribution in [3.8, 4) is 146 Å². The Morgan fingerprint density at radius 3 is 0.714 bits per heavy atom. The Morgan fingerprint density at radius 1 is 0.161 bits per heavy atom. The number of furan rings is 2. The molecular formula is C104H66N6O2. The van der Waals surface area contributed by atoms with Gasteiger partial charge in [-0.25, -0.2) is 29.9 Å². The molecule has 0 bridgehead atoms. The second-order valence-electron chi connectivity index (χ2n) is 28.0. The zero-order chi connectivity index (χ0) is 74.3. The van der Waals surface area contributed by atoms with Crippen LogP contribution in [0.5, 0.6) is 0 Å². The van der Waals surface area contributed by atoms with E-state index in [1.165, 1.54) is 22.3 Å². The highest BCUT2D eigenvalue weighted by atomic mass is 16.3. The highest BCUT2D eigenvalue weighted by Gasteiger charge is 2.22. The molecule has 0 aliphatic heterocycles. The molecular weight excluding hydrogens is 1370 g/mol. The number of hydrogen-bond acceptors (Lipinski definition) is 8. The molecule has 0 fully saturated rings. The minimum absolute atomic E-state index is 0.681. The molecule has 15 aromatic carbocycles. The van der Waals surface area contributed by atoms with Gasteiger partial charge in [-0.3, -0.25) is 0 Å². The van der Waals surface area contributed by atoms with Crippen molar-refractivity contribution in [1.82, 2.24) is 29.9 Å². The minimum Gasteiger partial charge on any atom is -0.455 e. The highest BCUT2D eigenvalue weighted by molar-refractivity contribution is 6.21. The zero-order valence-electron chi connectivity index (χ0n) is 60.6. The van der Waals surface area contributed by atoms with Crippen LogP contribution in [0.1, 0.15) is 0 Å². The molecule has 524 valence electrons. The number of para-hydroxylation sites is 2. The molecule has 0 aliphatic carbocycles. The Bertz CT molecular complexity index is 6920. The molecule has 21 rings (SSSR count). The van der Waals surface area contributed by atoms with Crippen LogP contribution in [-0.4, -0.2) is 29.9 Å². The van der Waals surface area contributed by atoms with Crippen molar-refractivity contribution in [3.63, 3.8) is 0 Å². The van der Waals surface area contributed by atoms with Gasteiger partial charge in [0.25, 0.3) is 0 Å². The average Bonchev–Trinajstić information content (AvgIpc) is 1.59. The zero-order valence-corrected chi connectivity index (χ0v) is 60.6. The largest absolute Gasteiger partial charge is 0.455 e. The molecule has 21 aromatic rings. The molecule has 0 N–H and O–H groups in total. The predicted molar refractivity (Wildman–Crippen MR) is 460 cm³/mol. The third-order valence-corrected chi connectivity index (χ3v) is 21.0. The van der Waals surface area contributed by atoms with E-state index in [1.54, 1.807) is 0 Å². The molecule has 8 nitrogen and oxygen atoms in total. The summed E-state index contributed by atoms with van der Waals surface area (Å²) in [6.07, 6.45) is 0. The van der Waals surface area contributed by atoms with Crippen molar-refractivity contribution >= 4 is 65.7 Å². The molecule has 0 saturated carbocycles. The number of pyridine rings is 2. The number of rotatable bonds is 13. The first-order chi connectivity index (χ1) is 55.5. The van der Waals surface area contributed by atoms with Gasteiger partial charge < -0.3 is 8.83 Å². The Morgan fingerprint density at radius 2 is 0.393 bits per heavy atom. The number of aromatic nitrogens is 6. The van der Waals surface area contributed by atoms with Gasteiger partial charge in [-0.2, -0.15) is 0 Å². The molecule has 8 heteroatoms. The topological polar surface area (TPSA) is 104 Å². The summed E-state index contributed by atoms with van der Waals surface area (Å²) in [4.78, 5) is 30.8. The maximum absolute atomic E-state index is 6.59. The van der Waals surface area contributed by atoms with E-state index in [0.717, 1.165) is 178 Å². The first-order valence-corrected chi connectivity index (χ1v) is 37.6. The number of benzene rings is 15. The standard InChI is InChI=1S/C55H35N3O.C49H31N3O/c1-4-12-36(13-5-1)38-20-26-41(27-21-38)49-35-50(58-55(57-49)44-30-24-39(25-31-44)37-14-6-2-7-15-37)42-28-22-40(23-29-42)45-32-33-48-47(34-45)54-52(46-18-10-11-19-51(46)59-54)53(56-48)43-16-8-3-9-17-43;1-4-12-32(13-5-1)33-20-24-35(25-21-33)43-31-44(52-49(51-43)38-16-8-3-9-17-38)36-26-22-34(23-27-36)39-28-29-42-41(30-39)48-46(40-18-10-11-19-45(40)53-48)47(50-42)37-14-6-2-7-15-37/h1-35H;1-31H. The third kappa shape index (κ3) is 12.9. The first kappa shape index (κ1) is 66.3. The molecule has 6 aromatic heterocycles. The average molecular weight is 1430 g/mol. The van der Waals surface area contributed by atoms with Crippen molar-refractivity contribution in [3.05, 3.63) is 400 Å². The van der Waals surface area contributed by atoms with Crippen LogP contribution in [0.25, 0.3) is 212 Å². The van der Waals surface area contributed by atoms with Crippen molar-refractivity contribution in [2.75, 3.05) is 0 Å². The lowest BCUT2D eigenvalue weighted by molar-refractivity contribution is 0.672. The number of fused-ring (bicyclic) bond motifs is 10. The van der Waals surface area contributed by atoms with E-state index >= 15 is 0 Å². The predicted octanol–water partition coefficient (Wildman–Crippen LogP) is 27.5. The van der Waals surface area contributed by atoms with E-state index in [9.17, 15) is 0 Å². The molecule has 0 aliphatic rings. The van der Waals surface area contributed by atoms with E-state index in [2.05, 4.69) is 328 Å². The molecule has 6 heterocycles. The molecule has 112 heavy (non-hydrogen) atoms. The maximum Gasteiger partial charge on any atom is 0.160 e. The van der Waals surface area contributed by atoms with Crippen molar-refractivity contribution in [2.24, 2.45) is 0 Å². The van der Waals surface area contributed by atoms with Gasteiger partial charge in [-0.15, -0.1) is 0 Å². The normalized spacial score (nSPS) is 11.4. The summed E-state index contributed by atoms with van der Waals surface area (Å²) in [5.41, 5.74) is 30.1. The van der Waals surface area contributed by atoms with Crippen LogP contribution in [0.3, 0.4) is 0 Å². The van der Waals surface area contributed by atoms with E-state index in [4.69, 9.17) is 38.7 Å². The molecule has 0 spiro atoms. The van der Waals surface area contributed by atoms with Gasteiger partial charge in [0.05, 0.1) is 56.0 Å². The second kappa shape index (κ2) is 28.9. The van der Waals surface area contributed by atoms with Crippen LogP contribution in [0.4, 0.5) is 0 Å². The van der Waals surface area contributed by atoms with Crippen LogP contribution >= 0.6 is 0 Å². The lowest BCUT2D eigenvalue weighted by Crippen LogP contribution is -1.96. The Kier molecular flexibility index (Phi) is 17.1. The number of hydrogen-bond donors (Lipinski definition) is 0. The van der Waals surface area contributed by atoms with Gasteiger partial charge in [-0.05, 0) is 104 Å². The van der Waals surface area contributed by atoms with E-state index in [1.807, 2.05) is 72.8 Å². The molecule has 0 amide bonds. The first-order valence-electron chi connectivity index (χ1n) is 37.6. The van der Waals surface area contributed by atoms with Crippen LogP contribution in [0, 0.1) is 0 Å². The van der Waals surface area contributed by atoms with E-state index in [-0.39, 0.29) is 0 Å². The lowest BCUT2D eigenvalue weighted by atomic mass is 9.98. The fourth-order valence-corrected chi connectivity index (χ4v) is 15.3. The van der Waals surface area contributed by atoms with Crippen LogP contribution < -0.4 is 0 Å². The van der Waals surface area contributed by atoms with Crippen molar-refractivity contribution in [2.45, 2.75) is 0 Å². The van der Waals surface area contributed by atoms with Crippen LogP contribution in [-0.2, 0) is 0 Å². The van der Waals surface area contributed by atoms with Crippen molar-refractivity contribution in [1.29, 1.82) is 0 Å². The second-order valence-corrected chi connectivity index (χ2v) is 28.0. The number of nitrogens with zero attached hydrogens (tertiary/aromatic N) is 6. The Labute approximate surface area is 646 Å². The fraction of sp³-hybridized carbons (Fsp3) is 0. The fourth-order valence-electron chi connectivity index (χ4n) is 15.3. The molecule has 0 atom stereocenters.